The van der Waals surface area contributed by atoms with E-state index in [1.165, 1.54) is 18.5 Å². The molecule has 1 atom stereocenters. The number of nitrogens with zero attached hydrogens (tertiary/aromatic N) is 6. The van der Waals surface area contributed by atoms with Gasteiger partial charge in [-0.2, -0.15) is 13.9 Å². The van der Waals surface area contributed by atoms with E-state index in [4.69, 9.17) is 10.5 Å². The van der Waals surface area contributed by atoms with E-state index < -0.39 is 40.6 Å². The van der Waals surface area contributed by atoms with E-state index in [1.807, 2.05) is 19.0 Å². The van der Waals surface area contributed by atoms with Crippen LogP contribution in [-0.4, -0.2) is 69.2 Å². The van der Waals surface area contributed by atoms with Crippen LogP contribution in [-0.2, 0) is 4.79 Å². The molecule has 9 nitrogen and oxygen atoms in total. The average Bonchev–Trinajstić information content (AvgIpc) is 3.56. The Hall–Kier alpha value is -4.59. The number of likely N-dealkylation sites (N-methyl/N-ethyl adjacent to an activating group) is 1. The van der Waals surface area contributed by atoms with E-state index in [9.17, 15) is 22.4 Å². The molecule has 41 heavy (non-hydrogen) atoms. The number of carbonyl (C=O) groups excluding carboxylic acids is 1. The summed E-state index contributed by atoms with van der Waals surface area (Å²) in [4.78, 5) is 24.5. The lowest BCUT2D eigenvalue weighted by atomic mass is 10.1. The third-order valence-electron chi connectivity index (χ3n) is 6.56. The van der Waals surface area contributed by atoms with Gasteiger partial charge in [-0.1, -0.05) is 6.08 Å². The number of hydrogen-bond donors (Lipinski definition) is 1. The van der Waals surface area contributed by atoms with Crippen LogP contribution in [0.3, 0.4) is 0 Å². The highest BCUT2D eigenvalue weighted by atomic mass is 19.2. The van der Waals surface area contributed by atoms with E-state index in [-0.39, 0.29) is 40.5 Å². The van der Waals surface area contributed by atoms with E-state index >= 15 is 4.39 Å². The minimum atomic E-state index is -1.76. The first kappa shape index (κ1) is 28.0. The standard InChI is InChI=1S/C27H24F5N7O2/c1-37(2)8-3-4-20(40)38-9-7-14(12-38)39-27-21(26(33)34-13-35-27)24(36-39)16-6-5-15(10-17(16)28)41-25-22(31)18(29)11-19(30)23(25)32/h3-6,10-11,13-14H,7-9,12H2,1-2H3,(H2,33,34,35). The number of aromatic nitrogens is 4. The number of benzene rings is 2. The van der Waals surface area contributed by atoms with Crippen molar-refractivity contribution in [2.45, 2.75) is 12.5 Å². The third kappa shape index (κ3) is 5.42. The van der Waals surface area contributed by atoms with Crippen molar-refractivity contribution in [1.82, 2.24) is 29.5 Å². The number of carbonyl (C=O) groups is 1. The Morgan fingerprint density at radius 2 is 1.83 bits per heavy atom. The highest BCUT2D eigenvalue weighted by Gasteiger charge is 2.31. The minimum Gasteiger partial charge on any atom is -0.451 e. The Morgan fingerprint density at radius 3 is 2.51 bits per heavy atom. The second kappa shape index (κ2) is 11.1. The van der Waals surface area contributed by atoms with Gasteiger partial charge in [0, 0.05) is 43.4 Å². The maximum absolute atomic E-state index is 15.4. The van der Waals surface area contributed by atoms with Gasteiger partial charge in [0.1, 0.15) is 29.4 Å². The van der Waals surface area contributed by atoms with Gasteiger partial charge in [0.25, 0.3) is 0 Å². The largest absolute Gasteiger partial charge is 0.451 e. The fraction of sp³-hybridized carbons (Fsp3) is 0.259. The molecular formula is C27H24F5N7O2. The molecule has 0 aliphatic carbocycles. The van der Waals surface area contributed by atoms with Gasteiger partial charge in [-0.25, -0.2) is 27.8 Å². The van der Waals surface area contributed by atoms with E-state index in [1.54, 1.807) is 15.7 Å². The lowest BCUT2D eigenvalue weighted by Gasteiger charge is -2.15. The molecule has 1 saturated heterocycles. The first-order chi connectivity index (χ1) is 19.5. The zero-order valence-electron chi connectivity index (χ0n) is 21.9. The number of nitrogen functional groups attached to an aromatic ring is 1. The van der Waals surface area contributed by atoms with Gasteiger partial charge in [-0.05, 0) is 32.6 Å². The van der Waals surface area contributed by atoms with Crippen LogP contribution >= 0.6 is 0 Å². The van der Waals surface area contributed by atoms with Crippen molar-refractivity contribution < 1.29 is 31.5 Å². The van der Waals surface area contributed by atoms with Gasteiger partial charge >= 0.3 is 0 Å². The number of anilines is 1. The van der Waals surface area contributed by atoms with Crippen molar-refractivity contribution in [1.29, 1.82) is 0 Å². The van der Waals surface area contributed by atoms with Crippen molar-refractivity contribution in [2.75, 3.05) is 39.5 Å². The zero-order chi connectivity index (χ0) is 29.4. The molecule has 2 N–H and O–H groups in total. The number of halogens is 5. The molecule has 0 bridgehead atoms. The summed E-state index contributed by atoms with van der Waals surface area (Å²) in [6.07, 6.45) is 5.10. The number of nitrogens with two attached hydrogens (primary N) is 1. The summed E-state index contributed by atoms with van der Waals surface area (Å²) in [5, 5.41) is 4.84. The summed E-state index contributed by atoms with van der Waals surface area (Å²) >= 11 is 0. The van der Waals surface area contributed by atoms with Crippen LogP contribution in [0.15, 0.2) is 42.7 Å². The Labute approximate surface area is 230 Å². The van der Waals surface area contributed by atoms with Crippen LogP contribution in [0.4, 0.5) is 27.8 Å². The Kier molecular flexibility index (Phi) is 7.58. The van der Waals surface area contributed by atoms with Crippen molar-refractivity contribution >= 4 is 22.8 Å². The average molecular weight is 574 g/mol. The highest BCUT2D eigenvalue weighted by molar-refractivity contribution is 5.98. The van der Waals surface area contributed by atoms with E-state index in [2.05, 4.69) is 15.1 Å². The molecule has 2 aromatic carbocycles. The van der Waals surface area contributed by atoms with Crippen molar-refractivity contribution in [3.05, 3.63) is 71.8 Å². The van der Waals surface area contributed by atoms with Gasteiger partial charge in [0.05, 0.1) is 11.4 Å². The molecule has 1 aliphatic rings. The number of hydrogen-bond acceptors (Lipinski definition) is 7. The number of rotatable bonds is 7. The zero-order valence-corrected chi connectivity index (χ0v) is 21.9. The quantitative estimate of drug-likeness (QED) is 0.198. The van der Waals surface area contributed by atoms with Gasteiger partial charge in [0.2, 0.25) is 23.3 Å². The molecule has 0 spiro atoms. The number of likely N-dealkylation sites (tertiary alicyclic amines) is 1. The van der Waals surface area contributed by atoms with Crippen molar-refractivity contribution in [3.8, 4) is 22.8 Å². The second-order valence-corrected chi connectivity index (χ2v) is 9.68. The fourth-order valence-corrected chi connectivity index (χ4v) is 4.56. The molecule has 2 aromatic heterocycles. The van der Waals surface area contributed by atoms with Gasteiger partial charge < -0.3 is 20.3 Å². The van der Waals surface area contributed by atoms with E-state index in [0.717, 1.165) is 12.1 Å². The summed E-state index contributed by atoms with van der Waals surface area (Å²) in [5.74, 6) is -9.67. The number of ether oxygens (including phenoxy) is 1. The number of amides is 1. The molecule has 0 saturated carbocycles. The third-order valence-corrected chi connectivity index (χ3v) is 6.56. The fourth-order valence-electron chi connectivity index (χ4n) is 4.56. The van der Waals surface area contributed by atoms with Crippen LogP contribution in [0.25, 0.3) is 22.3 Å². The first-order valence-electron chi connectivity index (χ1n) is 12.4. The van der Waals surface area contributed by atoms with Crippen LogP contribution in [0.1, 0.15) is 12.5 Å². The van der Waals surface area contributed by atoms with Crippen LogP contribution in [0, 0.1) is 29.1 Å². The molecule has 214 valence electrons. The maximum Gasteiger partial charge on any atom is 0.246 e. The Bertz CT molecular complexity index is 1650. The molecule has 0 radical (unpaired) electrons. The molecule has 1 amide bonds. The van der Waals surface area contributed by atoms with Crippen LogP contribution in [0.5, 0.6) is 11.5 Å². The maximum atomic E-state index is 15.4. The Morgan fingerprint density at radius 1 is 1.10 bits per heavy atom. The molecular weight excluding hydrogens is 549 g/mol. The lowest BCUT2D eigenvalue weighted by molar-refractivity contribution is -0.125. The van der Waals surface area contributed by atoms with E-state index in [0.29, 0.717) is 31.7 Å². The monoisotopic (exact) mass is 573 g/mol. The molecule has 4 aromatic rings. The van der Waals surface area contributed by atoms with Gasteiger partial charge in [-0.15, -0.1) is 0 Å². The summed E-state index contributed by atoms with van der Waals surface area (Å²) in [6, 6.07) is 2.91. The SMILES string of the molecule is CN(C)CC=CC(=O)N1CCC(n2nc(-c3ccc(Oc4c(F)c(F)cc(F)c4F)cc3F)c3c(N)ncnc32)C1. The molecule has 5 rings (SSSR count). The first-order valence-corrected chi connectivity index (χ1v) is 12.4. The summed E-state index contributed by atoms with van der Waals surface area (Å²) < 4.78 is 77.1. The van der Waals surface area contributed by atoms with Crippen molar-refractivity contribution in [2.24, 2.45) is 0 Å². The minimum absolute atomic E-state index is 0.0351. The topological polar surface area (TPSA) is 102 Å². The lowest BCUT2D eigenvalue weighted by Crippen LogP contribution is -2.28. The van der Waals surface area contributed by atoms with Crippen molar-refractivity contribution in [3.63, 3.8) is 0 Å². The second-order valence-electron chi connectivity index (χ2n) is 9.68. The molecule has 14 heteroatoms. The Balaban J connectivity index is 1.46. The molecule has 3 heterocycles. The molecule has 1 aliphatic heterocycles. The summed E-state index contributed by atoms with van der Waals surface area (Å²) in [5.41, 5.74) is 6.48. The predicted octanol–water partition coefficient (Wildman–Crippen LogP) is 4.45. The highest BCUT2D eigenvalue weighted by Crippen LogP contribution is 2.37. The summed E-state index contributed by atoms with van der Waals surface area (Å²) in [6.45, 7) is 1.42. The van der Waals surface area contributed by atoms with Crippen LogP contribution in [0.2, 0.25) is 0 Å². The normalized spacial score (nSPS) is 15.5. The van der Waals surface area contributed by atoms with Gasteiger partial charge in [0.15, 0.2) is 17.3 Å². The number of fused-ring (bicyclic) bond motifs is 1. The summed E-state index contributed by atoms with van der Waals surface area (Å²) in [7, 11) is 3.78. The van der Waals surface area contributed by atoms with Crippen LogP contribution < -0.4 is 10.5 Å². The molecule has 1 fully saturated rings. The van der Waals surface area contributed by atoms with Gasteiger partial charge in [-0.3, -0.25) is 4.79 Å². The predicted molar refractivity (Wildman–Crippen MR) is 139 cm³/mol. The smallest absolute Gasteiger partial charge is 0.246 e. The molecule has 1 unspecified atom stereocenters.